The molecule has 1 N–H and O–H groups in total. The summed E-state index contributed by atoms with van der Waals surface area (Å²) >= 11 is 5.60. The van der Waals surface area contributed by atoms with Crippen molar-refractivity contribution in [3.05, 3.63) is 28.8 Å². The number of carbonyl (C=O) groups is 2. The van der Waals surface area contributed by atoms with Crippen molar-refractivity contribution in [1.82, 2.24) is 4.90 Å². The molecule has 1 aromatic rings. The van der Waals surface area contributed by atoms with Crippen LogP contribution < -0.4 is 5.32 Å². The van der Waals surface area contributed by atoms with Crippen LogP contribution in [0.3, 0.4) is 0 Å². The molecule has 158 valence electrons. The molecule has 0 heterocycles. The van der Waals surface area contributed by atoms with Gasteiger partial charge in [0.15, 0.2) is 0 Å². The number of ether oxygens (including phenoxy) is 1. The van der Waals surface area contributed by atoms with E-state index < -0.39 is 45.8 Å². The van der Waals surface area contributed by atoms with Crippen LogP contribution in [-0.4, -0.2) is 35.6 Å². The Labute approximate surface area is 168 Å². The molecular formula is C19H26ClF3N2O3. The van der Waals surface area contributed by atoms with Gasteiger partial charge in [-0.3, -0.25) is 9.69 Å². The van der Waals surface area contributed by atoms with Crippen molar-refractivity contribution in [2.75, 3.05) is 12.4 Å². The van der Waals surface area contributed by atoms with Gasteiger partial charge in [0.2, 0.25) is 5.91 Å². The van der Waals surface area contributed by atoms with Crippen molar-refractivity contribution in [3.63, 3.8) is 0 Å². The predicted octanol–water partition coefficient (Wildman–Crippen LogP) is 5.58. The van der Waals surface area contributed by atoms with E-state index in [1.807, 2.05) is 0 Å². The molecule has 5 nitrogen and oxygen atoms in total. The standard InChI is InChI=1S/C19H26ClF3N2O3/c1-17(2,3)14(25(7)16(27)28-18(4,5)6)15(26)24-11-8-9-13(20)12(10-11)19(21,22)23/h8-10,14H,1-7H3,(H,24,26)/t14-/m1/s1. The van der Waals surface area contributed by atoms with Gasteiger partial charge in [0.05, 0.1) is 10.6 Å². The van der Waals surface area contributed by atoms with Gasteiger partial charge in [-0.15, -0.1) is 0 Å². The highest BCUT2D eigenvalue weighted by molar-refractivity contribution is 6.31. The smallest absolute Gasteiger partial charge is 0.417 e. The van der Waals surface area contributed by atoms with Gasteiger partial charge in [-0.1, -0.05) is 32.4 Å². The Kier molecular flexibility index (Phi) is 7.04. The first kappa shape index (κ1) is 24.1. The van der Waals surface area contributed by atoms with Gasteiger partial charge in [0.1, 0.15) is 11.6 Å². The molecule has 9 heteroatoms. The van der Waals surface area contributed by atoms with Crippen LogP contribution in [0.2, 0.25) is 5.02 Å². The summed E-state index contributed by atoms with van der Waals surface area (Å²) in [6.45, 7) is 10.3. The largest absolute Gasteiger partial charge is 0.444 e. The monoisotopic (exact) mass is 422 g/mol. The molecule has 2 amide bonds. The first-order chi connectivity index (χ1) is 12.4. The second-order valence-corrected chi connectivity index (χ2v) is 8.95. The summed E-state index contributed by atoms with van der Waals surface area (Å²) in [4.78, 5) is 26.4. The Morgan fingerprint density at radius 3 is 2.07 bits per heavy atom. The number of hydrogen-bond acceptors (Lipinski definition) is 3. The number of rotatable bonds is 3. The fourth-order valence-electron chi connectivity index (χ4n) is 2.62. The number of alkyl halides is 3. The SMILES string of the molecule is CN(C(=O)OC(C)(C)C)[C@H](C(=O)Nc1ccc(Cl)c(C(F)(F)F)c1)C(C)(C)C. The third kappa shape index (κ3) is 6.58. The van der Waals surface area contributed by atoms with Gasteiger partial charge in [-0.2, -0.15) is 13.2 Å². The third-order valence-corrected chi connectivity index (χ3v) is 4.01. The molecule has 28 heavy (non-hydrogen) atoms. The van der Waals surface area contributed by atoms with Crippen LogP contribution in [0, 0.1) is 5.41 Å². The van der Waals surface area contributed by atoms with Crippen LogP contribution in [0.1, 0.15) is 47.1 Å². The van der Waals surface area contributed by atoms with Gasteiger partial charge >= 0.3 is 12.3 Å². The van der Waals surface area contributed by atoms with E-state index in [-0.39, 0.29) is 5.69 Å². The maximum absolute atomic E-state index is 13.0. The van der Waals surface area contributed by atoms with Crippen LogP contribution in [0.5, 0.6) is 0 Å². The molecule has 0 spiro atoms. The number of anilines is 1. The first-order valence-corrected chi connectivity index (χ1v) is 8.94. The van der Waals surface area contributed by atoms with Crippen molar-refractivity contribution >= 4 is 29.3 Å². The van der Waals surface area contributed by atoms with Gasteiger partial charge < -0.3 is 10.1 Å². The number of hydrogen-bond donors (Lipinski definition) is 1. The summed E-state index contributed by atoms with van der Waals surface area (Å²) in [5.74, 6) is -0.642. The lowest BCUT2D eigenvalue weighted by atomic mass is 9.85. The van der Waals surface area contributed by atoms with Crippen molar-refractivity contribution in [2.24, 2.45) is 5.41 Å². The van der Waals surface area contributed by atoms with Crippen molar-refractivity contribution < 1.29 is 27.5 Å². The number of nitrogens with zero attached hydrogens (tertiary/aromatic N) is 1. The highest BCUT2D eigenvalue weighted by Crippen LogP contribution is 2.36. The third-order valence-electron chi connectivity index (χ3n) is 3.68. The van der Waals surface area contributed by atoms with Crippen LogP contribution >= 0.6 is 11.6 Å². The quantitative estimate of drug-likeness (QED) is 0.691. The Bertz CT molecular complexity index is 737. The zero-order valence-corrected chi connectivity index (χ0v) is 17.7. The predicted molar refractivity (Wildman–Crippen MR) is 102 cm³/mol. The van der Waals surface area contributed by atoms with E-state index in [9.17, 15) is 22.8 Å². The minimum absolute atomic E-state index is 0.0754. The molecule has 0 aliphatic rings. The number of amides is 2. The molecule has 0 saturated carbocycles. The van der Waals surface area contributed by atoms with Crippen LogP contribution in [0.15, 0.2) is 18.2 Å². The molecule has 0 radical (unpaired) electrons. The number of carbonyl (C=O) groups excluding carboxylic acids is 2. The van der Waals surface area contributed by atoms with E-state index in [1.54, 1.807) is 41.5 Å². The average molecular weight is 423 g/mol. The molecule has 1 rings (SSSR count). The Morgan fingerprint density at radius 2 is 1.64 bits per heavy atom. The maximum atomic E-state index is 13.0. The molecule has 0 unspecified atom stereocenters. The summed E-state index contributed by atoms with van der Waals surface area (Å²) in [6.07, 6.45) is -5.37. The molecule has 0 aliphatic carbocycles. The van der Waals surface area contributed by atoms with Crippen molar-refractivity contribution in [3.8, 4) is 0 Å². The van der Waals surface area contributed by atoms with E-state index in [0.717, 1.165) is 17.0 Å². The van der Waals surface area contributed by atoms with Crippen LogP contribution in [0.25, 0.3) is 0 Å². The Morgan fingerprint density at radius 1 is 1.11 bits per heavy atom. The lowest BCUT2D eigenvalue weighted by Crippen LogP contribution is -2.53. The summed E-state index contributed by atoms with van der Waals surface area (Å²) in [7, 11) is 1.41. The Hall–Kier alpha value is -1.96. The van der Waals surface area contributed by atoms with Gasteiger partial charge in [0, 0.05) is 12.7 Å². The van der Waals surface area contributed by atoms with E-state index in [2.05, 4.69) is 5.32 Å². The van der Waals surface area contributed by atoms with Crippen molar-refractivity contribution in [1.29, 1.82) is 0 Å². The van der Waals surface area contributed by atoms with E-state index in [0.29, 0.717) is 0 Å². The molecule has 1 atom stereocenters. The summed E-state index contributed by atoms with van der Waals surface area (Å²) in [5, 5.41) is 1.97. The summed E-state index contributed by atoms with van der Waals surface area (Å²) in [6, 6.07) is 2.09. The van der Waals surface area contributed by atoms with Crippen LogP contribution in [-0.2, 0) is 15.7 Å². The van der Waals surface area contributed by atoms with Crippen molar-refractivity contribution in [2.45, 2.75) is 59.4 Å². The molecule has 1 aromatic carbocycles. The second kappa shape index (κ2) is 8.19. The molecular weight excluding hydrogens is 397 g/mol. The summed E-state index contributed by atoms with van der Waals surface area (Å²) < 4.78 is 44.4. The fourth-order valence-corrected chi connectivity index (χ4v) is 2.85. The number of halogens is 4. The van der Waals surface area contributed by atoms with Gasteiger partial charge in [0.25, 0.3) is 0 Å². The summed E-state index contributed by atoms with van der Waals surface area (Å²) in [5.41, 5.74) is -2.61. The lowest BCUT2D eigenvalue weighted by molar-refractivity contribution is -0.137. The number of nitrogens with one attached hydrogen (secondary N) is 1. The Balaban J connectivity index is 3.15. The van der Waals surface area contributed by atoms with E-state index >= 15 is 0 Å². The zero-order valence-electron chi connectivity index (χ0n) is 17.0. The molecule has 0 fully saturated rings. The zero-order chi connectivity index (χ0) is 22.1. The second-order valence-electron chi connectivity index (χ2n) is 8.54. The number of benzene rings is 1. The molecule has 0 saturated heterocycles. The minimum atomic E-state index is -4.66. The topological polar surface area (TPSA) is 58.6 Å². The van der Waals surface area contributed by atoms with Gasteiger partial charge in [-0.05, 0) is 44.4 Å². The minimum Gasteiger partial charge on any atom is -0.444 e. The van der Waals surface area contributed by atoms with E-state index in [1.165, 1.54) is 13.1 Å². The highest BCUT2D eigenvalue weighted by atomic mass is 35.5. The first-order valence-electron chi connectivity index (χ1n) is 8.57. The average Bonchev–Trinajstić information content (AvgIpc) is 2.44. The molecule has 0 aromatic heterocycles. The van der Waals surface area contributed by atoms with Gasteiger partial charge in [-0.25, -0.2) is 4.79 Å². The maximum Gasteiger partial charge on any atom is 0.417 e. The van der Waals surface area contributed by atoms with E-state index in [4.69, 9.17) is 16.3 Å². The fraction of sp³-hybridized carbons (Fsp3) is 0.579. The van der Waals surface area contributed by atoms with Crippen LogP contribution in [0.4, 0.5) is 23.7 Å². The molecule has 0 aliphatic heterocycles. The lowest BCUT2D eigenvalue weighted by Gasteiger charge is -2.37. The molecule has 0 bridgehead atoms. The normalized spacial score (nSPS) is 13.7. The highest BCUT2D eigenvalue weighted by Gasteiger charge is 2.39. The number of likely N-dealkylation sites (N-methyl/N-ethyl adjacent to an activating group) is 1.